The van der Waals surface area contributed by atoms with Crippen LogP contribution in [0.3, 0.4) is 0 Å². The fourth-order valence-electron chi connectivity index (χ4n) is 4.66. The fourth-order valence-corrected chi connectivity index (χ4v) is 4.86. The molecule has 1 amide bonds. The monoisotopic (exact) mass is 667 g/mol. The van der Waals surface area contributed by atoms with Crippen LogP contribution in [0.25, 0.3) is 5.82 Å². The molecule has 1 N–H and O–H groups in total. The Bertz CT molecular complexity index is 1990. The third-order valence-electron chi connectivity index (χ3n) is 6.76. The lowest BCUT2D eigenvalue weighted by Gasteiger charge is -2.15. The molecule has 0 spiro atoms. The highest BCUT2D eigenvalue weighted by atomic mass is 35.5. The molecule has 0 unspecified atom stereocenters. The molecule has 0 aliphatic carbocycles. The number of halogens is 5. The highest BCUT2D eigenvalue weighted by Crippen LogP contribution is 2.25. The first-order valence-electron chi connectivity index (χ1n) is 13.7. The second kappa shape index (κ2) is 14.2. The molecule has 47 heavy (non-hydrogen) atoms. The van der Waals surface area contributed by atoms with E-state index in [0.717, 1.165) is 4.80 Å². The summed E-state index contributed by atoms with van der Waals surface area (Å²) in [5, 5.41) is 27.3. The van der Waals surface area contributed by atoms with Crippen LogP contribution >= 0.6 is 11.6 Å². The minimum atomic E-state index is -3.07. The molecule has 17 heteroatoms. The second-order valence-corrected chi connectivity index (χ2v) is 10.3. The van der Waals surface area contributed by atoms with Crippen molar-refractivity contribution < 1.29 is 31.9 Å². The van der Waals surface area contributed by atoms with Gasteiger partial charge in [0.05, 0.1) is 22.3 Å². The zero-order valence-corrected chi connectivity index (χ0v) is 25.0. The van der Waals surface area contributed by atoms with Crippen molar-refractivity contribution in [2.45, 2.75) is 39.5 Å². The molecule has 0 saturated carbocycles. The Kier molecular flexibility index (Phi) is 9.85. The van der Waals surface area contributed by atoms with E-state index in [-0.39, 0.29) is 69.7 Å². The van der Waals surface area contributed by atoms with Crippen molar-refractivity contribution in [2.75, 3.05) is 0 Å². The van der Waals surface area contributed by atoms with Crippen molar-refractivity contribution in [3.63, 3.8) is 0 Å². The largest absolute Gasteiger partial charge is 0.434 e. The third kappa shape index (κ3) is 7.59. The number of carbonyl (C=O) groups is 2. The molecule has 0 fully saturated rings. The van der Waals surface area contributed by atoms with Gasteiger partial charge in [-0.2, -0.15) is 23.9 Å². The van der Waals surface area contributed by atoms with Gasteiger partial charge in [0.15, 0.2) is 11.6 Å². The zero-order valence-electron chi connectivity index (χ0n) is 24.2. The van der Waals surface area contributed by atoms with Crippen LogP contribution in [0.1, 0.15) is 61.0 Å². The first-order chi connectivity index (χ1) is 22.5. The summed E-state index contributed by atoms with van der Waals surface area (Å²) in [6.07, 6.45) is -1.85. The summed E-state index contributed by atoms with van der Waals surface area (Å²) >= 11 is 6.36. The number of nitrogens with one attached hydrogen (secondary N) is 1. The number of aryl methyl sites for hydroxylation is 1. The Morgan fingerprint density at radius 3 is 2.57 bits per heavy atom. The summed E-state index contributed by atoms with van der Waals surface area (Å²) in [5.74, 6) is -2.01. The number of ether oxygens (including phenoxy) is 1. The lowest BCUT2D eigenvalue weighted by molar-refractivity contribution is -0.0504. The van der Waals surface area contributed by atoms with E-state index in [2.05, 4.69) is 35.5 Å². The maximum absolute atomic E-state index is 13.9. The van der Waals surface area contributed by atoms with Gasteiger partial charge in [-0.15, -0.1) is 10.2 Å². The average molecular weight is 668 g/mol. The van der Waals surface area contributed by atoms with Crippen LogP contribution in [-0.2, 0) is 19.5 Å². The number of carbonyl (C=O) groups excluding carboxylic acids is 2. The summed E-state index contributed by atoms with van der Waals surface area (Å²) < 4.78 is 57.4. The van der Waals surface area contributed by atoms with E-state index >= 15 is 0 Å². The smallest absolute Gasteiger partial charge is 0.387 e. The number of hydrogen-bond acceptors (Lipinski definition) is 9. The lowest BCUT2D eigenvalue weighted by Crippen LogP contribution is -2.26. The van der Waals surface area contributed by atoms with E-state index in [9.17, 15) is 32.4 Å². The van der Waals surface area contributed by atoms with Gasteiger partial charge in [0.2, 0.25) is 5.82 Å². The molecule has 0 radical (unpaired) electrons. The van der Waals surface area contributed by atoms with Crippen molar-refractivity contribution in [2.24, 2.45) is 0 Å². The van der Waals surface area contributed by atoms with Crippen molar-refractivity contribution in [3.05, 3.63) is 111 Å². The zero-order chi connectivity index (χ0) is 33.7. The number of hydrogen-bond donors (Lipinski definition) is 1. The molecule has 5 rings (SSSR count). The van der Waals surface area contributed by atoms with E-state index in [1.165, 1.54) is 53.3 Å². The lowest BCUT2D eigenvalue weighted by atomic mass is 9.93. The van der Waals surface area contributed by atoms with Crippen LogP contribution in [0.4, 0.5) is 17.6 Å². The van der Waals surface area contributed by atoms with Gasteiger partial charge in [-0.1, -0.05) is 29.8 Å². The standard InChI is InChI=1S/C30H22ClF4N9O3/c1-16-9-17(13-36)10-21(29(46)38-14-18-5-2-3-7-25(18)47-30(34)35)20(16)12-24(45)23-11-19(15-43-41-27(26(32)33)39-42-43)40-44(23)28-22(31)6-4-8-37-28/h2-11,26,30H,12,14-15H2,1H3,(H,38,46). The van der Waals surface area contributed by atoms with Crippen molar-refractivity contribution in [3.8, 4) is 17.6 Å². The second-order valence-electron chi connectivity index (χ2n) is 9.92. The number of nitrogens with zero attached hydrogens (tertiary/aromatic N) is 8. The van der Waals surface area contributed by atoms with Crippen molar-refractivity contribution >= 4 is 23.3 Å². The first-order valence-corrected chi connectivity index (χ1v) is 14.0. The van der Waals surface area contributed by atoms with E-state index in [0.29, 0.717) is 5.56 Å². The maximum Gasteiger partial charge on any atom is 0.387 e. The van der Waals surface area contributed by atoms with E-state index in [1.807, 2.05) is 6.07 Å². The maximum atomic E-state index is 13.9. The molecular weight excluding hydrogens is 646 g/mol. The van der Waals surface area contributed by atoms with Gasteiger partial charge >= 0.3 is 13.0 Å². The molecule has 3 heterocycles. The number of amides is 1. The molecule has 0 aliphatic rings. The van der Waals surface area contributed by atoms with Crippen LogP contribution in [0.15, 0.2) is 60.8 Å². The molecule has 12 nitrogen and oxygen atoms in total. The van der Waals surface area contributed by atoms with Crippen molar-refractivity contribution in [1.29, 1.82) is 5.26 Å². The summed E-state index contributed by atoms with van der Waals surface area (Å²) in [6.45, 7) is -1.86. The molecule has 5 aromatic rings. The number of Topliss-reactive ketones (excluding diaryl/α,β-unsaturated/α-hetero) is 1. The number of aromatic nitrogens is 7. The first kappa shape index (κ1) is 32.7. The summed E-state index contributed by atoms with van der Waals surface area (Å²) in [6, 6.07) is 15.2. The van der Waals surface area contributed by atoms with Crippen LogP contribution in [0.2, 0.25) is 5.02 Å². The number of pyridine rings is 1. The van der Waals surface area contributed by atoms with Gasteiger partial charge in [-0.05, 0) is 59.7 Å². The summed E-state index contributed by atoms with van der Waals surface area (Å²) in [4.78, 5) is 32.5. The number of rotatable bonds is 12. The number of para-hydroxylation sites is 1. The summed E-state index contributed by atoms with van der Waals surface area (Å²) in [7, 11) is 0. The molecule has 0 atom stereocenters. The number of tetrazole rings is 1. The SMILES string of the molecule is Cc1cc(C#N)cc(C(=O)NCc2ccccc2OC(F)F)c1CC(=O)c1cc(Cn2nnc(C(F)F)n2)nn1-c1ncccc1Cl. The predicted molar refractivity (Wildman–Crippen MR) is 156 cm³/mol. The Morgan fingerprint density at radius 2 is 1.87 bits per heavy atom. The quantitative estimate of drug-likeness (QED) is 0.143. The van der Waals surface area contributed by atoms with Crippen LogP contribution < -0.4 is 10.1 Å². The molecule has 240 valence electrons. The van der Waals surface area contributed by atoms with Crippen molar-refractivity contribution in [1.82, 2.24) is 40.3 Å². The predicted octanol–water partition coefficient (Wildman–Crippen LogP) is 5.03. The van der Waals surface area contributed by atoms with Gasteiger partial charge < -0.3 is 10.1 Å². The molecular formula is C30H22ClF4N9O3. The average Bonchev–Trinajstić information content (AvgIpc) is 3.69. The minimum absolute atomic E-state index is 0.00987. The van der Waals surface area contributed by atoms with Crippen LogP contribution in [-0.4, -0.2) is 53.3 Å². The molecule has 0 aliphatic heterocycles. The van der Waals surface area contributed by atoms with Crippen LogP contribution in [0, 0.1) is 18.3 Å². The highest BCUT2D eigenvalue weighted by Gasteiger charge is 2.24. The molecule has 2 aromatic carbocycles. The Balaban J connectivity index is 1.47. The van der Waals surface area contributed by atoms with E-state index in [4.69, 9.17) is 11.6 Å². The van der Waals surface area contributed by atoms with Gasteiger partial charge in [0.25, 0.3) is 5.91 Å². The number of ketones is 1. The fraction of sp³-hybridized carbons (Fsp3) is 0.200. The topological polar surface area (TPSA) is 154 Å². The highest BCUT2D eigenvalue weighted by molar-refractivity contribution is 6.32. The number of alkyl halides is 4. The van der Waals surface area contributed by atoms with E-state index in [1.54, 1.807) is 19.1 Å². The number of nitriles is 1. The summed E-state index contributed by atoms with van der Waals surface area (Å²) in [5.41, 5.74) is 1.35. The van der Waals surface area contributed by atoms with Gasteiger partial charge in [-0.25, -0.2) is 18.4 Å². The van der Waals surface area contributed by atoms with Gasteiger partial charge in [0, 0.05) is 30.3 Å². The van der Waals surface area contributed by atoms with Crippen LogP contribution in [0.5, 0.6) is 5.75 Å². The normalized spacial score (nSPS) is 11.1. The van der Waals surface area contributed by atoms with Gasteiger partial charge in [0.1, 0.15) is 18.0 Å². The molecule has 0 bridgehead atoms. The third-order valence-corrected chi connectivity index (χ3v) is 7.06. The Morgan fingerprint density at radius 1 is 1.09 bits per heavy atom. The molecule has 0 saturated heterocycles. The van der Waals surface area contributed by atoms with E-state index < -0.39 is 30.6 Å². The Hall–Kier alpha value is -5.69. The molecule has 3 aromatic heterocycles. The number of benzene rings is 2. The van der Waals surface area contributed by atoms with Gasteiger partial charge in [-0.3, -0.25) is 9.59 Å². The minimum Gasteiger partial charge on any atom is -0.434 e. The Labute approximate surface area is 268 Å².